The first kappa shape index (κ1) is 15.2. The molecule has 0 amide bonds. The second-order valence-electron chi connectivity index (χ2n) is 4.71. The highest BCUT2D eigenvalue weighted by molar-refractivity contribution is 5.48. The lowest BCUT2D eigenvalue weighted by atomic mass is 9.97. The van der Waals surface area contributed by atoms with Crippen molar-refractivity contribution in [1.82, 2.24) is 15.4 Å². The number of methoxy groups -OCH3 is 2. The minimum atomic E-state index is -0.309. The van der Waals surface area contributed by atoms with Crippen LogP contribution in [0, 0.1) is 13.8 Å². The van der Waals surface area contributed by atoms with E-state index in [1.54, 1.807) is 20.3 Å². The summed E-state index contributed by atoms with van der Waals surface area (Å²) in [5.74, 6) is 7.02. The molecule has 0 aliphatic carbocycles. The molecular weight excluding hydrogens is 268 g/mol. The third kappa shape index (κ3) is 2.96. The zero-order valence-corrected chi connectivity index (χ0v) is 12.7. The molecule has 0 aliphatic rings. The Morgan fingerprint density at radius 3 is 2.52 bits per heavy atom. The van der Waals surface area contributed by atoms with Crippen LogP contribution in [-0.4, -0.2) is 24.2 Å². The van der Waals surface area contributed by atoms with Crippen molar-refractivity contribution in [3.8, 4) is 11.6 Å². The number of hydrazine groups is 1. The maximum absolute atomic E-state index is 5.73. The molecule has 0 radical (unpaired) electrons. The van der Waals surface area contributed by atoms with Crippen molar-refractivity contribution in [2.75, 3.05) is 14.2 Å². The smallest absolute Gasteiger partial charge is 0.216 e. The number of hydrogen-bond acceptors (Lipinski definition) is 6. The molecule has 6 heteroatoms. The Kier molecular flexibility index (Phi) is 4.72. The average Bonchev–Trinajstić information content (AvgIpc) is 2.52. The van der Waals surface area contributed by atoms with Crippen LogP contribution in [0.3, 0.4) is 0 Å². The van der Waals surface area contributed by atoms with E-state index in [2.05, 4.69) is 15.4 Å². The summed E-state index contributed by atoms with van der Waals surface area (Å²) < 4.78 is 10.7. The third-order valence-corrected chi connectivity index (χ3v) is 3.56. The molecule has 1 aromatic carbocycles. The number of nitrogens with one attached hydrogen (secondary N) is 1. The van der Waals surface area contributed by atoms with Gasteiger partial charge < -0.3 is 9.47 Å². The van der Waals surface area contributed by atoms with Gasteiger partial charge in [0.25, 0.3) is 0 Å². The highest BCUT2D eigenvalue weighted by Gasteiger charge is 2.21. The predicted molar refractivity (Wildman–Crippen MR) is 80.2 cm³/mol. The molecule has 0 saturated carbocycles. The van der Waals surface area contributed by atoms with Gasteiger partial charge in [-0.05, 0) is 25.0 Å². The second kappa shape index (κ2) is 6.51. The Hall–Kier alpha value is -2.18. The van der Waals surface area contributed by atoms with Gasteiger partial charge in [-0.15, -0.1) is 0 Å². The molecular formula is C15H20N4O2. The number of hydrogen-bond donors (Lipinski definition) is 2. The molecule has 1 heterocycles. The predicted octanol–water partition coefficient (Wildman–Crippen LogP) is 1.66. The van der Waals surface area contributed by atoms with Gasteiger partial charge in [-0.1, -0.05) is 12.1 Å². The highest BCUT2D eigenvalue weighted by Crippen LogP contribution is 2.33. The van der Waals surface area contributed by atoms with Gasteiger partial charge in [0.15, 0.2) is 0 Å². The minimum Gasteiger partial charge on any atom is -0.496 e. The van der Waals surface area contributed by atoms with E-state index in [0.29, 0.717) is 11.6 Å². The van der Waals surface area contributed by atoms with Gasteiger partial charge in [0.05, 0.1) is 26.0 Å². The number of aromatic nitrogens is 2. The number of benzene rings is 1. The number of ether oxygens (including phenoxy) is 2. The van der Waals surface area contributed by atoms with Crippen LogP contribution in [0.25, 0.3) is 0 Å². The lowest BCUT2D eigenvalue weighted by Gasteiger charge is -2.21. The molecule has 1 atom stereocenters. The van der Waals surface area contributed by atoms with E-state index in [0.717, 1.165) is 22.4 Å². The highest BCUT2D eigenvalue weighted by atomic mass is 16.5. The first-order valence-electron chi connectivity index (χ1n) is 6.58. The first-order chi connectivity index (χ1) is 10.1. The molecule has 0 fully saturated rings. The summed E-state index contributed by atoms with van der Waals surface area (Å²) >= 11 is 0. The van der Waals surface area contributed by atoms with Crippen molar-refractivity contribution < 1.29 is 9.47 Å². The van der Waals surface area contributed by atoms with Gasteiger partial charge in [0, 0.05) is 11.6 Å². The first-order valence-corrected chi connectivity index (χ1v) is 6.58. The van der Waals surface area contributed by atoms with Crippen LogP contribution in [-0.2, 0) is 0 Å². The maximum atomic E-state index is 5.73. The van der Waals surface area contributed by atoms with Crippen molar-refractivity contribution in [2.24, 2.45) is 5.84 Å². The van der Waals surface area contributed by atoms with Crippen LogP contribution in [0.15, 0.2) is 24.5 Å². The quantitative estimate of drug-likeness (QED) is 0.643. The topological polar surface area (TPSA) is 82.3 Å². The standard InChI is InChI=1S/C15H20N4O2/c1-9-5-6-11(15(21-4)10(9)2)14(19-16)12-7-13(20-3)18-8-17-12/h5-8,14,19H,16H2,1-4H3. The molecule has 1 aromatic heterocycles. The SMILES string of the molecule is COc1cc(C(NN)c2ccc(C)c(C)c2OC)ncn1. The monoisotopic (exact) mass is 288 g/mol. The second-order valence-corrected chi connectivity index (χ2v) is 4.71. The zero-order chi connectivity index (χ0) is 15.4. The summed E-state index contributed by atoms with van der Waals surface area (Å²) in [5.41, 5.74) is 6.65. The molecule has 0 aliphatic heterocycles. The van der Waals surface area contributed by atoms with Crippen molar-refractivity contribution in [3.05, 3.63) is 46.9 Å². The Labute approximate surface area is 124 Å². The Balaban J connectivity index is 2.53. The Morgan fingerprint density at radius 1 is 1.14 bits per heavy atom. The van der Waals surface area contributed by atoms with Crippen LogP contribution in [0.4, 0.5) is 0 Å². The Morgan fingerprint density at radius 2 is 1.90 bits per heavy atom. The number of rotatable bonds is 5. The minimum absolute atomic E-state index is 0.309. The summed E-state index contributed by atoms with van der Waals surface area (Å²) in [6.07, 6.45) is 1.45. The zero-order valence-electron chi connectivity index (χ0n) is 12.7. The van der Waals surface area contributed by atoms with Crippen molar-refractivity contribution >= 4 is 0 Å². The van der Waals surface area contributed by atoms with Gasteiger partial charge in [-0.3, -0.25) is 5.84 Å². The van der Waals surface area contributed by atoms with Gasteiger partial charge in [0.2, 0.25) is 5.88 Å². The number of nitrogens with zero attached hydrogens (tertiary/aromatic N) is 2. The van der Waals surface area contributed by atoms with Crippen molar-refractivity contribution in [1.29, 1.82) is 0 Å². The fourth-order valence-electron chi connectivity index (χ4n) is 2.27. The van der Waals surface area contributed by atoms with Gasteiger partial charge in [-0.2, -0.15) is 0 Å². The number of aryl methyl sites for hydroxylation is 1. The molecule has 3 N–H and O–H groups in total. The van der Waals surface area contributed by atoms with E-state index in [4.69, 9.17) is 15.3 Å². The van der Waals surface area contributed by atoms with Gasteiger partial charge in [-0.25, -0.2) is 15.4 Å². The van der Waals surface area contributed by atoms with E-state index >= 15 is 0 Å². The van der Waals surface area contributed by atoms with Crippen LogP contribution in [0.1, 0.15) is 28.4 Å². The van der Waals surface area contributed by atoms with E-state index in [1.165, 1.54) is 6.33 Å². The van der Waals surface area contributed by atoms with E-state index in [9.17, 15) is 0 Å². The van der Waals surface area contributed by atoms with Crippen LogP contribution >= 0.6 is 0 Å². The normalized spacial score (nSPS) is 12.0. The van der Waals surface area contributed by atoms with E-state index in [-0.39, 0.29) is 6.04 Å². The molecule has 6 nitrogen and oxygen atoms in total. The van der Waals surface area contributed by atoms with Crippen LogP contribution in [0.5, 0.6) is 11.6 Å². The maximum Gasteiger partial charge on any atom is 0.216 e. The van der Waals surface area contributed by atoms with Crippen LogP contribution < -0.4 is 20.7 Å². The van der Waals surface area contributed by atoms with Crippen molar-refractivity contribution in [2.45, 2.75) is 19.9 Å². The lowest BCUT2D eigenvalue weighted by Crippen LogP contribution is -2.30. The van der Waals surface area contributed by atoms with E-state index in [1.807, 2.05) is 26.0 Å². The molecule has 1 unspecified atom stereocenters. The fourth-order valence-corrected chi connectivity index (χ4v) is 2.27. The summed E-state index contributed by atoms with van der Waals surface area (Å²) in [6, 6.07) is 5.46. The molecule has 112 valence electrons. The molecule has 2 rings (SSSR count). The molecule has 21 heavy (non-hydrogen) atoms. The molecule has 0 saturated heterocycles. The molecule has 0 bridgehead atoms. The third-order valence-electron chi connectivity index (χ3n) is 3.56. The van der Waals surface area contributed by atoms with Crippen molar-refractivity contribution in [3.63, 3.8) is 0 Å². The summed E-state index contributed by atoms with van der Waals surface area (Å²) in [5, 5.41) is 0. The van der Waals surface area contributed by atoms with E-state index < -0.39 is 0 Å². The molecule has 0 spiro atoms. The average molecular weight is 288 g/mol. The summed E-state index contributed by atoms with van der Waals surface area (Å²) in [7, 11) is 3.22. The summed E-state index contributed by atoms with van der Waals surface area (Å²) in [6.45, 7) is 4.06. The largest absolute Gasteiger partial charge is 0.496 e. The fraction of sp³-hybridized carbons (Fsp3) is 0.333. The number of nitrogens with two attached hydrogens (primary N) is 1. The Bertz CT molecular complexity index is 631. The van der Waals surface area contributed by atoms with Gasteiger partial charge >= 0.3 is 0 Å². The lowest BCUT2D eigenvalue weighted by molar-refractivity contribution is 0.392. The summed E-state index contributed by atoms with van der Waals surface area (Å²) in [4.78, 5) is 8.28. The van der Waals surface area contributed by atoms with Crippen LogP contribution in [0.2, 0.25) is 0 Å². The van der Waals surface area contributed by atoms with Gasteiger partial charge in [0.1, 0.15) is 12.1 Å². The molecule has 2 aromatic rings.